The number of imidazole rings is 1. The van der Waals surface area contributed by atoms with Crippen molar-refractivity contribution >= 4 is 11.3 Å². The molecule has 0 radical (unpaired) electrons. The molecule has 7 heteroatoms. The summed E-state index contributed by atoms with van der Waals surface area (Å²) in [5, 5.41) is 10.9. The van der Waals surface area contributed by atoms with Crippen LogP contribution >= 0.6 is 0 Å². The van der Waals surface area contributed by atoms with E-state index in [4.69, 9.17) is 5.73 Å². The quantitative estimate of drug-likeness (QED) is 0.592. The Morgan fingerprint density at radius 1 is 1.33 bits per heavy atom. The molecular formula is C14H11FN4O2. The van der Waals surface area contributed by atoms with Gasteiger partial charge in [-0.2, -0.15) is 0 Å². The smallest absolute Gasteiger partial charge is 0.270 e. The van der Waals surface area contributed by atoms with E-state index < -0.39 is 10.7 Å². The Morgan fingerprint density at radius 2 is 2.14 bits per heavy atom. The van der Waals surface area contributed by atoms with E-state index in [0.717, 1.165) is 0 Å². The summed E-state index contributed by atoms with van der Waals surface area (Å²) in [5.74, 6) is -0.403. The first-order valence-electron chi connectivity index (χ1n) is 6.21. The molecule has 0 saturated carbocycles. The van der Waals surface area contributed by atoms with Gasteiger partial charge in [-0.05, 0) is 12.1 Å². The summed E-state index contributed by atoms with van der Waals surface area (Å²) >= 11 is 0. The number of pyridine rings is 1. The number of rotatable bonds is 3. The van der Waals surface area contributed by atoms with Gasteiger partial charge in [0.15, 0.2) is 0 Å². The predicted molar refractivity (Wildman–Crippen MR) is 75.1 cm³/mol. The molecule has 0 spiro atoms. The van der Waals surface area contributed by atoms with Gasteiger partial charge in [0.25, 0.3) is 5.69 Å². The minimum atomic E-state index is -0.471. The van der Waals surface area contributed by atoms with Crippen LogP contribution in [0.1, 0.15) is 5.69 Å². The average molecular weight is 286 g/mol. The molecule has 0 aliphatic heterocycles. The number of nitrogens with two attached hydrogens (primary N) is 1. The fraction of sp³-hybridized carbons (Fsp3) is 0.0714. The number of aromatic nitrogens is 2. The van der Waals surface area contributed by atoms with Gasteiger partial charge in [0.1, 0.15) is 11.5 Å². The van der Waals surface area contributed by atoms with E-state index in [9.17, 15) is 14.5 Å². The molecule has 0 saturated heterocycles. The van der Waals surface area contributed by atoms with Crippen molar-refractivity contribution in [1.82, 2.24) is 9.38 Å². The molecule has 0 atom stereocenters. The highest BCUT2D eigenvalue weighted by molar-refractivity contribution is 5.68. The van der Waals surface area contributed by atoms with E-state index in [2.05, 4.69) is 4.98 Å². The van der Waals surface area contributed by atoms with Gasteiger partial charge in [-0.25, -0.2) is 9.37 Å². The van der Waals surface area contributed by atoms with E-state index in [0.29, 0.717) is 22.6 Å². The number of hydrogen-bond acceptors (Lipinski definition) is 4. The Labute approximate surface area is 118 Å². The molecule has 2 N–H and O–H groups in total. The number of benzene rings is 1. The highest BCUT2D eigenvalue weighted by atomic mass is 19.1. The maximum atomic E-state index is 13.4. The van der Waals surface area contributed by atoms with Crippen molar-refractivity contribution in [2.45, 2.75) is 6.54 Å². The summed E-state index contributed by atoms with van der Waals surface area (Å²) in [4.78, 5) is 14.8. The summed E-state index contributed by atoms with van der Waals surface area (Å²) in [6, 6.07) is 8.97. The zero-order valence-electron chi connectivity index (χ0n) is 10.9. The Bertz CT molecular complexity index is 844. The van der Waals surface area contributed by atoms with Gasteiger partial charge < -0.3 is 5.73 Å². The molecule has 0 aliphatic rings. The first-order valence-corrected chi connectivity index (χ1v) is 6.21. The number of nitro groups is 1. The molecule has 106 valence electrons. The molecule has 3 rings (SSSR count). The normalized spacial score (nSPS) is 11.0. The maximum Gasteiger partial charge on any atom is 0.270 e. The second-order valence-electron chi connectivity index (χ2n) is 4.49. The minimum absolute atomic E-state index is 0.0290. The zero-order valence-corrected chi connectivity index (χ0v) is 10.9. The van der Waals surface area contributed by atoms with Gasteiger partial charge in [0.05, 0.1) is 16.3 Å². The highest BCUT2D eigenvalue weighted by Gasteiger charge is 2.15. The molecule has 0 unspecified atom stereocenters. The van der Waals surface area contributed by atoms with E-state index >= 15 is 0 Å². The molecule has 0 aliphatic carbocycles. The number of non-ortho nitro benzene ring substituents is 1. The van der Waals surface area contributed by atoms with Crippen LogP contribution in [0.3, 0.4) is 0 Å². The van der Waals surface area contributed by atoms with Crippen LogP contribution in [-0.4, -0.2) is 14.3 Å². The third-order valence-electron chi connectivity index (χ3n) is 3.21. The van der Waals surface area contributed by atoms with Crippen molar-refractivity contribution in [1.29, 1.82) is 0 Å². The first-order chi connectivity index (χ1) is 10.1. The Morgan fingerprint density at radius 3 is 2.86 bits per heavy atom. The van der Waals surface area contributed by atoms with Crippen molar-refractivity contribution in [3.8, 4) is 11.3 Å². The van der Waals surface area contributed by atoms with E-state index in [1.807, 2.05) is 0 Å². The number of halogens is 1. The Balaban J connectivity index is 2.24. The van der Waals surface area contributed by atoms with Crippen LogP contribution in [-0.2, 0) is 6.54 Å². The van der Waals surface area contributed by atoms with E-state index in [-0.39, 0.29) is 12.2 Å². The third-order valence-corrected chi connectivity index (χ3v) is 3.21. The summed E-state index contributed by atoms with van der Waals surface area (Å²) in [6.07, 6.45) is 1.30. The van der Waals surface area contributed by atoms with Crippen molar-refractivity contribution in [2.24, 2.45) is 5.73 Å². The lowest BCUT2D eigenvalue weighted by Gasteiger charge is -2.02. The van der Waals surface area contributed by atoms with Gasteiger partial charge in [0, 0.05) is 30.4 Å². The minimum Gasteiger partial charge on any atom is -0.325 e. The highest BCUT2D eigenvalue weighted by Crippen LogP contribution is 2.27. The topological polar surface area (TPSA) is 86.5 Å². The van der Waals surface area contributed by atoms with E-state index in [1.165, 1.54) is 30.5 Å². The lowest BCUT2D eigenvalue weighted by Crippen LogP contribution is -2.03. The maximum absolute atomic E-state index is 13.4. The summed E-state index contributed by atoms with van der Waals surface area (Å²) in [7, 11) is 0. The summed E-state index contributed by atoms with van der Waals surface area (Å²) < 4.78 is 14.9. The van der Waals surface area contributed by atoms with Crippen LogP contribution in [0.5, 0.6) is 0 Å². The molecule has 0 fully saturated rings. The van der Waals surface area contributed by atoms with Crippen LogP contribution in [0, 0.1) is 15.9 Å². The lowest BCUT2D eigenvalue weighted by molar-refractivity contribution is -0.384. The van der Waals surface area contributed by atoms with Crippen molar-refractivity contribution < 1.29 is 9.31 Å². The molecule has 3 aromatic rings. The molecule has 6 nitrogen and oxygen atoms in total. The van der Waals surface area contributed by atoms with Crippen LogP contribution in [0.4, 0.5) is 10.1 Å². The van der Waals surface area contributed by atoms with Crippen LogP contribution in [0.15, 0.2) is 42.6 Å². The molecule has 0 amide bonds. The number of nitro benzene ring substituents is 1. The van der Waals surface area contributed by atoms with Gasteiger partial charge >= 0.3 is 0 Å². The standard InChI is InChI=1S/C14H11FN4O2/c15-10-4-5-13-17-14(12(7-16)18(13)8-10)9-2-1-3-11(6-9)19(20)21/h1-6,8H,7,16H2. The molecule has 2 aromatic heterocycles. The van der Waals surface area contributed by atoms with Gasteiger partial charge in [-0.3, -0.25) is 14.5 Å². The zero-order chi connectivity index (χ0) is 15.0. The monoisotopic (exact) mass is 286 g/mol. The van der Waals surface area contributed by atoms with Crippen molar-refractivity contribution in [2.75, 3.05) is 0 Å². The third kappa shape index (κ3) is 2.23. The SMILES string of the molecule is NCc1c(-c2cccc([N+](=O)[O-])c2)nc2ccc(F)cn12. The van der Waals surface area contributed by atoms with Crippen LogP contribution < -0.4 is 5.73 Å². The summed E-state index contributed by atoms with van der Waals surface area (Å²) in [5.41, 5.74) is 7.94. The Hall–Kier alpha value is -2.80. The molecule has 1 aromatic carbocycles. The summed E-state index contributed by atoms with van der Waals surface area (Å²) in [6.45, 7) is 0.142. The van der Waals surface area contributed by atoms with Crippen LogP contribution in [0.2, 0.25) is 0 Å². The van der Waals surface area contributed by atoms with Gasteiger partial charge in [-0.15, -0.1) is 0 Å². The second kappa shape index (κ2) is 4.95. The Kier molecular flexibility index (Phi) is 3.11. The molecule has 21 heavy (non-hydrogen) atoms. The molecular weight excluding hydrogens is 275 g/mol. The largest absolute Gasteiger partial charge is 0.325 e. The molecule has 0 bridgehead atoms. The second-order valence-corrected chi connectivity index (χ2v) is 4.49. The van der Waals surface area contributed by atoms with Crippen molar-refractivity contribution in [3.05, 3.63) is 64.2 Å². The van der Waals surface area contributed by atoms with Gasteiger partial charge in [0.2, 0.25) is 0 Å². The average Bonchev–Trinajstić information content (AvgIpc) is 2.85. The fourth-order valence-corrected chi connectivity index (χ4v) is 2.26. The van der Waals surface area contributed by atoms with Gasteiger partial charge in [-0.1, -0.05) is 12.1 Å². The van der Waals surface area contributed by atoms with E-state index in [1.54, 1.807) is 16.5 Å². The predicted octanol–water partition coefficient (Wildman–Crippen LogP) is 2.51. The first kappa shape index (κ1) is 13.2. The van der Waals surface area contributed by atoms with Crippen molar-refractivity contribution in [3.63, 3.8) is 0 Å². The number of nitrogens with zero attached hydrogens (tertiary/aromatic N) is 3. The number of fused-ring (bicyclic) bond motifs is 1. The fourth-order valence-electron chi connectivity index (χ4n) is 2.26. The van der Waals surface area contributed by atoms with Crippen LogP contribution in [0.25, 0.3) is 16.9 Å². The lowest BCUT2D eigenvalue weighted by atomic mass is 10.1. The number of hydrogen-bond donors (Lipinski definition) is 1. The molecule has 2 heterocycles.